The van der Waals surface area contributed by atoms with E-state index >= 15 is 0 Å². The first-order valence-electron chi connectivity index (χ1n) is 5.56. The van der Waals surface area contributed by atoms with E-state index in [0.29, 0.717) is 0 Å². The second-order valence-corrected chi connectivity index (χ2v) is 4.79. The highest BCUT2D eigenvalue weighted by Gasteiger charge is 2.09. The molecule has 4 heteroatoms. The van der Waals surface area contributed by atoms with E-state index in [2.05, 4.69) is 21.0 Å². The molecule has 3 nitrogen and oxygen atoms in total. The number of hydrogen-bond acceptors (Lipinski definition) is 2. The van der Waals surface area contributed by atoms with E-state index in [1.54, 1.807) is 7.11 Å². The van der Waals surface area contributed by atoms with Crippen molar-refractivity contribution in [1.29, 1.82) is 0 Å². The molecule has 0 atom stereocenters. The van der Waals surface area contributed by atoms with E-state index in [0.717, 1.165) is 26.8 Å². The van der Waals surface area contributed by atoms with Crippen molar-refractivity contribution in [2.75, 3.05) is 7.11 Å². The maximum Gasteiger partial charge on any atom is 0.135 e. The molecule has 1 aromatic heterocycles. The normalized spacial score (nSPS) is 10.8. The Kier molecular flexibility index (Phi) is 2.80. The number of ether oxygens (including phenoxy) is 1. The van der Waals surface area contributed by atoms with Gasteiger partial charge < -0.3 is 4.74 Å². The molecule has 3 rings (SSSR count). The van der Waals surface area contributed by atoms with Crippen LogP contribution in [-0.4, -0.2) is 16.9 Å². The Morgan fingerprint density at radius 1 is 1.17 bits per heavy atom. The Morgan fingerprint density at radius 3 is 2.67 bits per heavy atom. The van der Waals surface area contributed by atoms with Crippen molar-refractivity contribution in [2.24, 2.45) is 0 Å². The molecule has 0 unspecified atom stereocenters. The van der Waals surface area contributed by atoms with Gasteiger partial charge in [-0.2, -0.15) is 5.10 Å². The van der Waals surface area contributed by atoms with Crippen LogP contribution in [0.4, 0.5) is 0 Å². The Morgan fingerprint density at radius 2 is 1.94 bits per heavy atom. The molecular formula is C14H11BrN2O. The molecule has 3 aromatic rings. The minimum Gasteiger partial charge on any atom is -0.495 e. The standard InChI is InChI=1S/C14H11BrN2O/c1-18-14-8-13-10(7-12(14)15)9-16-17(13)11-5-3-2-4-6-11/h2-9H,1H3. The third kappa shape index (κ3) is 1.78. The molecule has 0 amide bonds. The van der Waals surface area contributed by atoms with Gasteiger partial charge in [-0.1, -0.05) is 18.2 Å². The Balaban J connectivity index is 2.26. The van der Waals surface area contributed by atoms with E-state index < -0.39 is 0 Å². The molecule has 1 heterocycles. The summed E-state index contributed by atoms with van der Waals surface area (Å²) in [6, 6.07) is 14.0. The van der Waals surface area contributed by atoms with Crippen molar-refractivity contribution in [1.82, 2.24) is 9.78 Å². The topological polar surface area (TPSA) is 27.1 Å². The zero-order chi connectivity index (χ0) is 12.5. The van der Waals surface area contributed by atoms with Gasteiger partial charge in [-0.3, -0.25) is 0 Å². The number of halogens is 1. The van der Waals surface area contributed by atoms with Crippen molar-refractivity contribution in [3.05, 3.63) is 53.1 Å². The molecule has 18 heavy (non-hydrogen) atoms. The monoisotopic (exact) mass is 302 g/mol. The summed E-state index contributed by atoms with van der Waals surface area (Å²) in [6.45, 7) is 0. The van der Waals surface area contributed by atoms with E-state index in [9.17, 15) is 0 Å². The van der Waals surface area contributed by atoms with Crippen LogP contribution >= 0.6 is 15.9 Å². The van der Waals surface area contributed by atoms with Gasteiger partial charge in [0, 0.05) is 11.5 Å². The highest BCUT2D eigenvalue weighted by Crippen LogP contribution is 2.31. The number of methoxy groups -OCH3 is 1. The lowest BCUT2D eigenvalue weighted by Gasteiger charge is -2.06. The summed E-state index contributed by atoms with van der Waals surface area (Å²) >= 11 is 3.48. The number of para-hydroxylation sites is 1. The molecule has 0 aliphatic heterocycles. The number of nitrogens with zero attached hydrogens (tertiary/aromatic N) is 2. The summed E-state index contributed by atoms with van der Waals surface area (Å²) in [4.78, 5) is 0. The van der Waals surface area contributed by atoms with Crippen LogP contribution in [0.1, 0.15) is 0 Å². The summed E-state index contributed by atoms with van der Waals surface area (Å²) in [5.41, 5.74) is 2.07. The second kappa shape index (κ2) is 4.46. The summed E-state index contributed by atoms with van der Waals surface area (Å²) in [5, 5.41) is 5.50. The van der Waals surface area contributed by atoms with Gasteiger partial charge in [0.1, 0.15) is 5.75 Å². The third-order valence-electron chi connectivity index (χ3n) is 2.84. The SMILES string of the molecule is COc1cc2c(cnn2-c2ccccc2)cc1Br. The number of benzene rings is 2. The molecule has 0 aliphatic rings. The van der Waals surface area contributed by atoms with E-state index in [-0.39, 0.29) is 0 Å². The van der Waals surface area contributed by atoms with Crippen LogP contribution in [0.25, 0.3) is 16.6 Å². The molecule has 0 spiro atoms. The highest BCUT2D eigenvalue weighted by molar-refractivity contribution is 9.10. The van der Waals surface area contributed by atoms with Crippen LogP contribution < -0.4 is 4.74 Å². The number of hydrogen-bond donors (Lipinski definition) is 0. The highest BCUT2D eigenvalue weighted by atomic mass is 79.9. The van der Waals surface area contributed by atoms with Crippen LogP contribution in [0, 0.1) is 0 Å². The van der Waals surface area contributed by atoms with Crippen LogP contribution in [0.5, 0.6) is 5.75 Å². The van der Waals surface area contributed by atoms with Crippen molar-refractivity contribution >= 4 is 26.8 Å². The Hall–Kier alpha value is -1.81. The summed E-state index contributed by atoms with van der Waals surface area (Å²) in [5.74, 6) is 0.806. The van der Waals surface area contributed by atoms with Gasteiger partial charge in [-0.05, 0) is 34.1 Å². The van der Waals surface area contributed by atoms with Gasteiger partial charge in [0.15, 0.2) is 0 Å². The van der Waals surface area contributed by atoms with Crippen molar-refractivity contribution in [3.8, 4) is 11.4 Å². The fourth-order valence-corrected chi connectivity index (χ4v) is 2.48. The first-order valence-corrected chi connectivity index (χ1v) is 6.35. The number of aromatic nitrogens is 2. The van der Waals surface area contributed by atoms with Gasteiger partial charge in [0.25, 0.3) is 0 Å². The van der Waals surface area contributed by atoms with Crippen molar-refractivity contribution < 1.29 is 4.74 Å². The van der Waals surface area contributed by atoms with Crippen LogP contribution in [-0.2, 0) is 0 Å². The van der Waals surface area contributed by atoms with E-state index in [1.165, 1.54) is 0 Å². The van der Waals surface area contributed by atoms with Gasteiger partial charge >= 0.3 is 0 Å². The third-order valence-corrected chi connectivity index (χ3v) is 3.46. The molecule has 0 N–H and O–H groups in total. The fourth-order valence-electron chi connectivity index (χ4n) is 1.96. The van der Waals surface area contributed by atoms with E-state index in [4.69, 9.17) is 4.74 Å². The molecule has 2 aromatic carbocycles. The summed E-state index contributed by atoms with van der Waals surface area (Å²) < 4.78 is 8.17. The van der Waals surface area contributed by atoms with Crippen LogP contribution in [0.3, 0.4) is 0 Å². The quantitative estimate of drug-likeness (QED) is 0.720. The van der Waals surface area contributed by atoms with Crippen molar-refractivity contribution in [3.63, 3.8) is 0 Å². The van der Waals surface area contributed by atoms with Gasteiger partial charge in [-0.15, -0.1) is 0 Å². The zero-order valence-electron chi connectivity index (χ0n) is 9.80. The zero-order valence-corrected chi connectivity index (χ0v) is 11.4. The molecule has 0 saturated heterocycles. The average Bonchev–Trinajstić information content (AvgIpc) is 2.81. The average molecular weight is 303 g/mol. The Labute approximate surface area is 113 Å². The number of rotatable bonds is 2. The first-order chi connectivity index (χ1) is 8.79. The van der Waals surface area contributed by atoms with Gasteiger partial charge in [0.2, 0.25) is 0 Å². The second-order valence-electron chi connectivity index (χ2n) is 3.94. The smallest absolute Gasteiger partial charge is 0.135 e. The lowest BCUT2D eigenvalue weighted by molar-refractivity contribution is 0.412. The van der Waals surface area contributed by atoms with Gasteiger partial charge in [0.05, 0.1) is 29.0 Å². The molecule has 90 valence electrons. The summed E-state index contributed by atoms with van der Waals surface area (Å²) in [6.07, 6.45) is 1.85. The van der Waals surface area contributed by atoms with Crippen LogP contribution in [0.2, 0.25) is 0 Å². The maximum absolute atomic E-state index is 5.33. The first kappa shape index (κ1) is 11.3. The molecular weight excluding hydrogens is 292 g/mol. The fraction of sp³-hybridized carbons (Fsp3) is 0.0714. The number of fused-ring (bicyclic) bond motifs is 1. The Bertz CT molecular complexity index is 692. The summed E-state index contributed by atoms with van der Waals surface area (Å²) in [7, 11) is 1.66. The van der Waals surface area contributed by atoms with E-state index in [1.807, 2.05) is 53.3 Å². The lowest BCUT2D eigenvalue weighted by atomic mass is 10.2. The largest absolute Gasteiger partial charge is 0.495 e. The minimum absolute atomic E-state index is 0.806. The molecule has 0 radical (unpaired) electrons. The lowest BCUT2D eigenvalue weighted by Crippen LogP contribution is -1.95. The maximum atomic E-state index is 5.33. The molecule has 0 saturated carbocycles. The predicted molar refractivity (Wildman–Crippen MR) is 75.3 cm³/mol. The molecule has 0 aliphatic carbocycles. The molecule has 0 bridgehead atoms. The minimum atomic E-state index is 0.806. The predicted octanol–water partition coefficient (Wildman–Crippen LogP) is 3.80. The van der Waals surface area contributed by atoms with Crippen molar-refractivity contribution in [2.45, 2.75) is 0 Å². The molecule has 0 fully saturated rings. The van der Waals surface area contributed by atoms with Crippen LogP contribution in [0.15, 0.2) is 53.1 Å². The van der Waals surface area contributed by atoms with Gasteiger partial charge in [-0.25, -0.2) is 4.68 Å².